The molecule has 2 N–H and O–H groups in total. The number of rotatable bonds is 6. The van der Waals surface area contributed by atoms with Crippen molar-refractivity contribution in [2.45, 2.75) is 6.42 Å². The second kappa shape index (κ2) is 8.34. The molecule has 0 spiro atoms. The van der Waals surface area contributed by atoms with Crippen LogP contribution in [0.3, 0.4) is 0 Å². The number of ether oxygens (including phenoxy) is 2. The van der Waals surface area contributed by atoms with Crippen LogP contribution in [0.1, 0.15) is 6.42 Å². The Morgan fingerprint density at radius 3 is 2.68 bits per heavy atom. The number of hydrogen-bond donors (Lipinski definition) is 2. The number of hydrogen-bond acceptors (Lipinski definition) is 7. The summed E-state index contributed by atoms with van der Waals surface area (Å²) in [5.74, 6) is -0.288. The SMILES string of the molecule is COc1ccc(N2CC(C(=O)Nc3cccc(-c4noc(=O)[nH]4)c3)CC2=O)cc1OC. The average Bonchev–Trinajstić information content (AvgIpc) is 3.39. The van der Waals surface area contributed by atoms with Gasteiger partial charge < -0.3 is 19.7 Å². The van der Waals surface area contributed by atoms with Gasteiger partial charge in [-0.25, -0.2) is 4.79 Å². The van der Waals surface area contributed by atoms with Gasteiger partial charge in [-0.2, -0.15) is 0 Å². The van der Waals surface area contributed by atoms with Gasteiger partial charge in [0.2, 0.25) is 11.8 Å². The summed E-state index contributed by atoms with van der Waals surface area (Å²) >= 11 is 0. The van der Waals surface area contributed by atoms with Crippen molar-refractivity contribution < 1.29 is 23.6 Å². The van der Waals surface area contributed by atoms with Gasteiger partial charge in [0.05, 0.1) is 20.1 Å². The number of anilines is 2. The Bertz CT molecular complexity index is 1180. The summed E-state index contributed by atoms with van der Waals surface area (Å²) in [7, 11) is 3.06. The fourth-order valence-electron chi connectivity index (χ4n) is 3.47. The van der Waals surface area contributed by atoms with Crippen LogP contribution in [0.4, 0.5) is 11.4 Å². The number of H-pyrrole nitrogens is 1. The zero-order valence-corrected chi connectivity index (χ0v) is 16.9. The van der Waals surface area contributed by atoms with Crippen LogP contribution in [-0.2, 0) is 9.59 Å². The van der Waals surface area contributed by atoms with Crippen molar-refractivity contribution in [2.75, 3.05) is 31.0 Å². The largest absolute Gasteiger partial charge is 0.493 e. The van der Waals surface area contributed by atoms with Gasteiger partial charge in [0.1, 0.15) is 0 Å². The molecule has 1 fully saturated rings. The maximum Gasteiger partial charge on any atom is 0.439 e. The monoisotopic (exact) mass is 424 g/mol. The fourth-order valence-corrected chi connectivity index (χ4v) is 3.47. The van der Waals surface area contributed by atoms with Gasteiger partial charge in [0.15, 0.2) is 17.3 Å². The van der Waals surface area contributed by atoms with Gasteiger partial charge in [-0.3, -0.25) is 19.1 Å². The topological polar surface area (TPSA) is 127 Å². The minimum Gasteiger partial charge on any atom is -0.493 e. The number of methoxy groups -OCH3 is 2. The number of carbonyl (C=O) groups excluding carboxylic acids is 2. The number of benzene rings is 2. The molecular weight excluding hydrogens is 404 g/mol. The van der Waals surface area contributed by atoms with E-state index in [4.69, 9.17) is 9.47 Å². The van der Waals surface area contributed by atoms with Gasteiger partial charge >= 0.3 is 5.76 Å². The summed E-state index contributed by atoms with van der Waals surface area (Å²) in [6.45, 7) is 0.246. The highest BCUT2D eigenvalue weighted by Gasteiger charge is 2.35. The van der Waals surface area contributed by atoms with Crippen molar-refractivity contribution in [3.8, 4) is 22.9 Å². The highest BCUT2D eigenvalue weighted by molar-refractivity contribution is 6.03. The zero-order chi connectivity index (χ0) is 22.0. The highest BCUT2D eigenvalue weighted by Crippen LogP contribution is 2.34. The Labute approximate surface area is 176 Å². The summed E-state index contributed by atoms with van der Waals surface area (Å²) in [4.78, 5) is 40.5. The van der Waals surface area contributed by atoms with E-state index in [0.29, 0.717) is 28.4 Å². The van der Waals surface area contributed by atoms with Crippen LogP contribution in [0.2, 0.25) is 0 Å². The first-order valence-corrected chi connectivity index (χ1v) is 9.48. The maximum atomic E-state index is 12.8. The molecule has 0 saturated carbocycles. The summed E-state index contributed by atoms with van der Waals surface area (Å²) in [5.41, 5.74) is 1.73. The molecule has 0 bridgehead atoms. The molecule has 0 radical (unpaired) electrons. The molecule has 2 aromatic carbocycles. The number of amides is 2. The number of aromatic nitrogens is 2. The maximum absolute atomic E-state index is 12.8. The minimum absolute atomic E-state index is 0.0937. The quantitative estimate of drug-likeness (QED) is 0.620. The molecule has 160 valence electrons. The molecule has 4 rings (SSSR count). The van der Waals surface area contributed by atoms with E-state index < -0.39 is 11.7 Å². The standard InChI is InChI=1S/C21H20N4O6/c1-29-16-7-6-15(10-17(16)30-2)25-11-13(9-18(25)26)20(27)22-14-5-3-4-12(8-14)19-23-21(28)31-24-19/h3-8,10,13H,9,11H2,1-2H3,(H,22,27)(H,23,24,28). The Morgan fingerprint density at radius 1 is 1.16 bits per heavy atom. The first kappa shape index (κ1) is 20.2. The van der Waals surface area contributed by atoms with Crippen molar-refractivity contribution in [2.24, 2.45) is 5.92 Å². The van der Waals surface area contributed by atoms with Gasteiger partial charge in [0, 0.05) is 36.0 Å². The van der Waals surface area contributed by atoms with Crippen LogP contribution in [0, 0.1) is 5.92 Å². The molecule has 31 heavy (non-hydrogen) atoms. The van der Waals surface area contributed by atoms with Gasteiger partial charge in [0.25, 0.3) is 0 Å². The third-order valence-corrected chi connectivity index (χ3v) is 5.02. The second-order valence-corrected chi connectivity index (χ2v) is 6.96. The normalized spacial score (nSPS) is 15.7. The Hall–Kier alpha value is -4.08. The predicted octanol–water partition coefficient (Wildman–Crippen LogP) is 2.04. The molecule has 0 aliphatic carbocycles. The molecule has 1 aromatic heterocycles. The Kier molecular flexibility index (Phi) is 5.44. The first-order valence-electron chi connectivity index (χ1n) is 9.48. The highest BCUT2D eigenvalue weighted by atomic mass is 16.5. The van der Waals surface area contributed by atoms with Crippen molar-refractivity contribution in [3.05, 3.63) is 53.0 Å². The molecule has 10 nitrogen and oxygen atoms in total. The molecule has 10 heteroatoms. The third-order valence-electron chi connectivity index (χ3n) is 5.02. The lowest BCUT2D eigenvalue weighted by molar-refractivity contribution is -0.122. The van der Waals surface area contributed by atoms with E-state index in [1.807, 2.05) is 0 Å². The second-order valence-electron chi connectivity index (χ2n) is 6.96. The summed E-state index contributed by atoms with van der Waals surface area (Å²) in [6, 6.07) is 12.0. The average molecular weight is 424 g/mol. The van der Waals surface area contributed by atoms with E-state index in [0.717, 1.165) is 0 Å². The zero-order valence-electron chi connectivity index (χ0n) is 16.9. The van der Waals surface area contributed by atoms with Crippen molar-refractivity contribution in [3.63, 3.8) is 0 Å². The molecule has 2 heterocycles. The lowest BCUT2D eigenvalue weighted by Crippen LogP contribution is -2.28. The molecule has 1 unspecified atom stereocenters. The summed E-state index contributed by atoms with van der Waals surface area (Å²) in [6.07, 6.45) is 0.0937. The number of nitrogens with zero attached hydrogens (tertiary/aromatic N) is 2. The van der Waals surface area contributed by atoms with Crippen LogP contribution < -0.4 is 25.4 Å². The van der Waals surface area contributed by atoms with E-state index in [1.165, 1.54) is 14.2 Å². The molecule has 3 aromatic rings. The van der Waals surface area contributed by atoms with Crippen LogP contribution in [0.15, 0.2) is 51.8 Å². The predicted molar refractivity (Wildman–Crippen MR) is 111 cm³/mol. The van der Waals surface area contributed by atoms with Crippen molar-refractivity contribution >= 4 is 23.2 Å². The van der Waals surface area contributed by atoms with E-state index in [-0.39, 0.29) is 30.6 Å². The van der Waals surface area contributed by atoms with E-state index in [2.05, 4.69) is 20.0 Å². The number of carbonyl (C=O) groups is 2. The molecular formula is C21H20N4O6. The fraction of sp³-hybridized carbons (Fsp3) is 0.238. The summed E-state index contributed by atoms with van der Waals surface area (Å²) < 4.78 is 15.0. The lowest BCUT2D eigenvalue weighted by atomic mass is 10.1. The van der Waals surface area contributed by atoms with Crippen molar-refractivity contribution in [1.29, 1.82) is 0 Å². The number of aromatic amines is 1. The Morgan fingerprint density at radius 2 is 1.97 bits per heavy atom. The van der Waals surface area contributed by atoms with E-state index >= 15 is 0 Å². The van der Waals surface area contributed by atoms with Gasteiger partial charge in [-0.15, -0.1) is 0 Å². The first-order chi connectivity index (χ1) is 15.0. The van der Waals surface area contributed by atoms with Crippen LogP contribution in [0.25, 0.3) is 11.4 Å². The lowest BCUT2D eigenvalue weighted by Gasteiger charge is -2.18. The van der Waals surface area contributed by atoms with Gasteiger partial charge in [-0.05, 0) is 24.3 Å². The molecule has 2 amide bonds. The summed E-state index contributed by atoms with van der Waals surface area (Å²) in [5, 5.41) is 6.46. The van der Waals surface area contributed by atoms with Crippen LogP contribution >= 0.6 is 0 Å². The smallest absolute Gasteiger partial charge is 0.439 e. The molecule has 1 saturated heterocycles. The van der Waals surface area contributed by atoms with Gasteiger partial charge in [-0.1, -0.05) is 17.3 Å². The Balaban J connectivity index is 1.47. The molecule has 1 aliphatic heterocycles. The van der Waals surface area contributed by atoms with E-state index in [9.17, 15) is 14.4 Å². The van der Waals surface area contributed by atoms with Crippen LogP contribution in [0.5, 0.6) is 11.5 Å². The van der Waals surface area contributed by atoms with Crippen LogP contribution in [-0.4, -0.2) is 42.7 Å². The van der Waals surface area contributed by atoms with E-state index in [1.54, 1.807) is 47.4 Å². The number of nitrogens with one attached hydrogen (secondary N) is 2. The minimum atomic E-state index is -0.663. The molecule has 1 atom stereocenters. The third kappa shape index (κ3) is 4.13. The van der Waals surface area contributed by atoms with Crippen molar-refractivity contribution in [1.82, 2.24) is 10.1 Å². The molecule has 1 aliphatic rings.